The number of anilines is 2. The highest BCUT2D eigenvalue weighted by Gasteiger charge is 2.16. The molecule has 1 N–H and O–H groups in total. The molecule has 1 amide bonds. The standard InChI is InChI=1S/C21H22N4O/c1-15(2)22-21(26)18-14-19(25(3)17-12-8-5-9-13-17)24-20(23-18)16-10-6-4-7-11-16/h4-15H,1-3H3,(H,22,26). The van der Waals surface area contributed by atoms with Crippen LogP contribution in [0.2, 0.25) is 0 Å². The van der Waals surface area contributed by atoms with E-state index >= 15 is 0 Å². The zero-order chi connectivity index (χ0) is 18.5. The molecule has 5 heteroatoms. The minimum atomic E-state index is -0.206. The number of aromatic nitrogens is 2. The van der Waals surface area contributed by atoms with Gasteiger partial charge in [-0.3, -0.25) is 4.79 Å². The van der Waals surface area contributed by atoms with E-state index in [4.69, 9.17) is 0 Å². The van der Waals surface area contributed by atoms with Gasteiger partial charge in [0.2, 0.25) is 0 Å². The molecule has 0 aliphatic carbocycles. The molecule has 26 heavy (non-hydrogen) atoms. The van der Waals surface area contributed by atoms with Gasteiger partial charge in [-0.1, -0.05) is 48.5 Å². The highest BCUT2D eigenvalue weighted by Crippen LogP contribution is 2.25. The minimum Gasteiger partial charge on any atom is -0.349 e. The first-order chi connectivity index (χ1) is 12.5. The second-order valence-electron chi connectivity index (χ2n) is 6.32. The van der Waals surface area contributed by atoms with Crippen LogP contribution in [0.15, 0.2) is 66.7 Å². The van der Waals surface area contributed by atoms with E-state index in [0.717, 1.165) is 11.3 Å². The van der Waals surface area contributed by atoms with Crippen LogP contribution in [0.3, 0.4) is 0 Å². The number of para-hydroxylation sites is 1. The maximum atomic E-state index is 12.5. The predicted molar refractivity (Wildman–Crippen MR) is 105 cm³/mol. The van der Waals surface area contributed by atoms with Gasteiger partial charge in [-0.15, -0.1) is 0 Å². The summed E-state index contributed by atoms with van der Waals surface area (Å²) in [5.74, 6) is 0.987. The van der Waals surface area contributed by atoms with Crippen LogP contribution in [0.25, 0.3) is 11.4 Å². The van der Waals surface area contributed by atoms with Gasteiger partial charge in [0, 0.05) is 30.4 Å². The van der Waals surface area contributed by atoms with Crippen LogP contribution in [-0.2, 0) is 0 Å². The van der Waals surface area contributed by atoms with Crippen molar-refractivity contribution in [1.29, 1.82) is 0 Å². The van der Waals surface area contributed by atoms with Gasteiger partial charge in [-0.2, -0.15) is 0 Å². The van der Waals surface area contributed by atoms with Gasteiger partial charge < -0.3 is 10.2 Å². The molecule has 0 unspecified atom stereocenters. The lowest BCUT2D eigenvalue weighted by atomic mass is 10.2. The molecular formula is C21H22N4O. The fraction of sp³-hybridized carbons (Fsp3) is 0.190. The van der Waals surface area contributed by atoms with E-state index in [1.54, 1.807) is 6.07 Å². The van der Waals surface area contributed by atoms with E-state index in [2.05, 4.69) is 15.3 Å². The number of nitrogens with zero attached hydrogens (tertiary/aromatic N) is 3. The molecule has 3 rings (SSSR count). The van der Waals surface area contributed by atoms with Crippen molar-refractivity contribution in [1.82, 2.24) is 15.3 Å². The molecule has 0 bridgehead atoms. The van der Waals surface area contributed by atoms with Gasteiger partial charge in [0.05, 0.1) is 0 Å². The van der Waals surface area contributed by atoms with Crippen molar-refractivity contribution in [2.75, 3.05) is 11.9 Å². The van der Waals surface area contributed by atoms with Crippen molar-refractivity contribution < 1.29 is 4.79 Å². The van der Waals surface area contributed by atoms with Gasteiger partial charge in [0.15, 0.2) is 5.82 Å². The molecule has 0 saturated carbocycles. The average molecular weight is 346 g/mol. The monoisotopic (exact) mass is 346 g/mol. The first-order valence-electron chi connectivity index (χ1n) is 8.59. The van der Waals surface area contributed by atoms with Crippen LogP contribution in [-0.4, -0.2) is 29.0 Å². The van der Waals surface area contributed by atoms with Gasteiger partial charge in [0.1, 0.15) is 11.5 Å². The van der Waals surface area contributed by atoms with Gasteiger partial charge in [-0.25, -0.2) is 9.97 Å². The first kappa shape index (κ1) is 17.6. The lowest BCUT2D eigenvalue weighted by molar-refractivity contribution is 0.0938. The lowest BCUT2D eigenvalue weighted by Gasteiger charge is -2.20. The number of carbonyl (C=O) groups is 1. The second-order valence-corrected chi connectivity index (χ2v) is 6.32. The quantitative estimate of drug-likeness (QED) is 0.757. The maximum absolute atomic E-state index is 12.5. The number of rotatable bonds is 5. The van der Waals surface area contributed by atoms with Crippen molar-refractivity contribution in [3.63, 3.8) is 0 Å². The molecule has 0 radical (unpaired) electrons. The number of hydrogen-bond donors (Lipinski definition) is 1. The Morgan fingerprint density at radius 3 is 2.19 bits per heavy atom. The summed E-state index contributed by atoms with van der Waals surface area (Å²) in [7, 11) is 1.93. The summed E-state index contributed by atoms with van der Waals surface area (Å²) < 4.78 is 0. The third-order valence-corrected chi connectivity index (χ3v) is 3.88. The van der Waals surface area contributed by atoms with Crippen LogP contribution in [0.1, 0.15) is 24.3 Å². The average Bonchev–Trinajstić information content (AvgIpc) is 2.68. The summed E-state index contributed by atoms with van der Waals surface area (Å²) in [6, 6.07) is 21.3. The molecule has 0 spiro atoms. The highest BCUT2D eigenvalue weighted by molar-refractivity contribution is 5.93. The number of benzene rings is 2. The summed E-state index contributed by atoms with van der Waals surface area (Å²) in [6.45, 7) is 3.85. The highest BCUT2D eigenvalue weighted by atomic mass is 16.1. The molecule has 2 aromatic carbocycles. The Labute approximate surface area is 153 Å². The molecule has 5 nitrogen and oxygen atoms in total. The van der Waals surface area contributed by atoms with E-state index < -0.39 is 0 Å². The second kappa shape index (κ2) is 7.78. The van der Waals surface area contributed by atoms with Crippen molar-refractivity contribution in [3.8, 4) is 11.4 Å². The smallest absolute Gasteiger partial charge is 0.270 e. The lowest BCUT2D eigenvalue weighted by Crippen LogP contribution is -2.31. The Morgan fingerprint density at radius 2 is 1.58 bits per heavy atom. The fourth-order valence-corrected chi connectivity index (χ4v) is 2.56. The number of nitrogens with one attached hydrogen (secondary N) is 1. The molecule has 3 aromatic rings. The predicted octanol–water partition coefficient (Wildman–Crippen LogP) is 4.05. The van der Waals surface area contributed by atoms with Crippen LogP contribution >= 0.6 is 0 Å². The molecular weight excluding hydrogens is 324 g/mol. The Bertz CT molecular complexity index is 879. The van der Waals surface area contributed by atoms with E-state index in [9.17, 15) is 4.79 Å². The van der Waals surface area contributed by atoms with E-state index in [1.165, 1.54) is 0 Å². The van der Waals surface area contributed by atoms with Gasteiger partial charge >= 0.3 is 0 Å². The van der Waals surface area contributed by atoms with Crippen molar-refractivity contribution in [3.05, 3.63) is 72.4 Å². The fourth-order valence-electron chi connectivity index (χ4n) is 2.56. The molecule has 0 atom stereocenters. The van der Waals surface area contributed by atoms with Crippen LogP contribution in [0.5, 0.6) is 0 Å². The molecule has 0 saturated heterocycles. The van der Waals surface area contributed by atoms with Crippen molar-refractivity contribution >= 4 is 17.4 Å². The van der Waals surface area contributed by atoms with Crippen molar-refractivity contribution in [2.24, 2.45) is 0 Å². The van der Waals surface area contributed by atoms with E-state index in [0.29, 0.717) is 17.3 Å². The summed E-state index contributed by atoms with van der Waals surface area (Å²) in [5.41, 5.74) is 2.21. The molecule has 0 fully saturated rings. The Morgan fingerprint density at radius 1 is 0.962 bits per heavy atom. The third-order valence-electron chi connectivity index (χ3n) is 3.88. The summed E-state index contributed by atoms with van der Waals surface area (Å²) >= 11 is 0. The summed E-state index contributed by atoms with van der Waals surface area (Å²) in [6.07, 6.45) is 0. The topological polar surface area (TPSA) is 58.1 Å². The van der Waals surface area contributed by atoms with Gasteiger partial charge in [-0.05, 0) is 26.0 Å². The number of hydrogen-bond acceptors (Lipinski definition) is 4. The third kappa shape index (κ3) is 4.06. The molecule has 132 valence electrons. The molecule has 1 heterocycles. The molecule has 0 aliphatic rings. The van der Waals surface area contributed by atoms with Crippen LogP contribution in [0.4, 0.5) is 11.5 Å². The SMILES string of the molecule is CC(C)NC(=O)c1cc(N(C)c2ccccc2)nc(-c2ccccc2)n1. The Balaban J connectivity index is 2.07. The zero-order valence-electron chi connectivity index (χ0n) is 15.2. The largest absolute Gasteiger partial charge is 0.349 e. The number of amides is 1. The normalized spacial score (nSPS) is 10.6. The Kier molecular flexibility index (Phi) is 5.27. The van der Waals surface area contributed by atoms with Crippen molar-refractivity contribution in [2.45, 2.75) is 19.9 Å². The number of carbonyl (C=O) groups excluding carboxylic acids is 1. The van der Waals surface area contributed by atoms with E-state index in [1.807, 2.05) is 86.5 Å². The minimum absolute atomic E-state index is 0.0351. The first-order valence-corrected chi connectivity index (χ1v) is 8.59. The summed E-state index contributed by atoms with van der Waals surface area (Å²) in [4.78, 5) is 23.6. The molecule has 1 aromatic heterocycles. The van der Waals surface area contributed by atoms with Gasteiger partial charge in [0.25, 0.3) is 5.91 Å². The molecule has 0 aliphatic heterocycles. The van der Waals surface area contributed by atoms with Crippen LogP contribution in [0, 0.1) is 0 Å². The van der Waals surface area contributed by atoms with E-state index in [-0.39, 0.29) is 11.9 Å². The zero-order valence-corrected chi connectivity index (χ0v) is 15.2. The van der Waals surface area contributed by atoms with Crippen LogP contribution < -0.4 is 10.2 Å². The Hall–Kier alpha value is -3.21. The summed E-state index contributed by atoms with van der Waals surface area (Å²) in [5, 5.41) is 2.90. The maximum Gasteiger partial charge on any atom is 0.270 e.